The van der Waals surface area contributed by atoms with Gasteiger partial charge in [0.05, 0.1) is 23.3 Å². The number of phenols is 1. The third-order valence-corrected chi connectivity index (χ3v) is 8.76. The number of aromatic nitrogens is 2. The van der Waals surface area contributed by atoms with Crippen LogP contribution in [0.15, 0.2) is 84.0 Å². The van der Waals surface area contributed by atoms with Gasteiger partial charge in [-0.25, -0.2) is 13.4 Å². The number of anilines is 2. The lowest BCUT2D eigenvalue weighted by Gasteiger charge is -2.11. The zero-order valence-corrected chi connectivity index (χ0v) is 24.4. The van der Waals surface area contributed by atoms with E-state index in [0.717, 1.165) is 0 Å². The lowest BCUT2D eigenvalue weighted by atomic mass is 10.2. The maximum absolute atomic E-state index is 13.1. The molecule has 0 spiro atoms. The average Bonchev–Trinajstić information content (AvgIpc) is 3.62. The van der Waals surface area contributed by atoms with Crippen molar-refractivity contribution >= 4 is 42.4 Å². The molecule has 6 rings (SSSR count). The number of nitrogens with one attached hydrogen (secondary N) is 2. The number of hydrogen-bond donors (Lipinski definition) is 3. The molecule has 0 fully saturated rings. The SMILES string of the molecule is COc1cccc(CNc2ccc(S(=O)(=O)Nc3nc4c5c(ccc4s3)OC(OCCOc3ccncc3)O5)cc2)c1O. The van der Waals surface area contributed by atoms with Crippen molar-refractivity contribution in [2.45, 2.75) is 17.9 Å². The summed E-state index contributed by atoms with van der Waals surface area (Å²) in [5.41, 5.74) is 1.77. The molecule has 0 saturated carbocycles. The van der Waals surface area contributed by atoms with E-state index in [2.05, 4.69) is 20.0 Å². The van der Waals surface area contributed by atoms with Gasteiger partial charge in [-0.05, 0) is 54.6 Å². The van der Waals surface area contributed by atoms with E-state index in [-0.39, 0.29) is 29.0 Å². The second kappa shape index (κ2) is 12.2. The van der Waals surface area contributed by atoms with Crippen LogP contribution in [0, 0.1) is 0 Å². The molecule has 3 heterocycles. The first-order valence-corrected chi connectivity index (χ1v) is 15.3. The van der Waals surface area contributed by atoms with Crippen molar-refractivity contribution in [3.63, 3.8) is 0 Å². The van der Waals surface area contributed by atoms with Crippen LogP contribution in [0.5, 0.6) is 28.7 Å². The fourth-order valence-corrected chi connectivity index (χ4v) is 6.33. The molecule has 0 amide bonds. The van der Waals surface area contributed by atoms with E-state index in [1.165, 1.54) is 30.6 Å². The molecule has 14 heteroatoms. The van der Waals surface area contributed by atoms with Crippen molar-refractivity contribution < 1.29 is 37.2 Å². The van der Waals surface area contributed by atoms with E-state index >= 15 is 0 Å². The van der Waals surface area contributed by atoms with Crippen LogP contribution in [0.3, 0.4) is 0 Å². The summed E-state index contributed by atoms with van der Waals surface area (Å²) in [5.74, 6) is 1.91. The number of benzene rings is 3. The van der Waals surface area contributed by atoms with Gasteiger partial charge in [0, 0.05) is 30.2 Å². The summed E-state index contributed by atoms with van der Waals surface area (Å²) in [7, 11) is -2.44. The Kier molecular flexibility index (Phi) is 8.05. The minimum atomic E-state index is -3.92. The van der Waals surface area contributed by atoms with Gasteiger partial charge >= 0.3 is 6.48 Å². The fourth-order valence-electron chi connectivity index (χ4n) is 4.23. The molecule has 0 bridgehead atoms. The van der Waals surface area contributed by atoms with Crippen LogP contribution in [-0.2, 0) is 21.3 Å². The summed E-state index contributed by atoms with van der Waals surface area (Å²) in [6, 6.07) is 18.5. The fraction of sp³-hybridized carbons (Fsp3) is 0.172. The summed E-state index contributed by atoms with van der Waals surface area (Å²) < 4.78 is 57.4. The molecule has 1 unspecified atom stereocenters. The Morgan fingerprint density at radius 3 is 2.60 bits per heavy atom. The largest absolute Gasteiger partial charge is 0.504 e. The van der Waals surface area contributed by atoms with E-state index in [9.17, 15) is 13.5 Å². The van der Waals surface area contributed by atoms with Crippen LogP contribution >= 0.6 is 11.3 Å². The quantitative estimate of drug-likeness (QED) is 0.162. The smallest absolute Gasteiger partial charge is 0.361 e. The van der Waals surface area contributed by atoms with Crippen LogP contribution in [0.1, 0.15) is 5.56 Å². The molecular formula is C29H26N4O8S2. The Morgan fingerprint density at radius 2 is 1.81 bits per heavy atom. The van der Waals surface area contributed by atoms with E-state index in [1.54, 1.807) is 67.0 Å². The highest BCUT2D eigenvalue weighted by molar-refractivity contribution is 7.93. The lowest BCUT2D eigenvalue weighted by Crippen LogP contribution is -2.24. The molecule has 1 aliphatic rings. The first kappa shape index (κ1) is 28.3. The Balaban J connectivity index is 1.07. The van der Waals surface area contributed by atoms with E-state index in [4.69, 9.17) is 23.7 Å². The number of nitrogens with zero attached hydrogens (tertiary/aromatic N) is 2. The number of sulfonamides is 1. The van der Waals surface area contributed by atoms with Crippen molar-refractivity contribution in [3.05, 3.63) is 84.7 Å². The Hall–Kier alpha value is -4.79. The van der Waals surface area contributed by atoms with Crippen LogP contribution in [0.25, 0.3) is 10.2 Å². The normalized spacial score (nSPS) is 14.0. The van der Waals surface area contributed by atoms with Gasteiger partial charge in [0.25, 0.3) is 10.0 Å². The predicted molar refractivity (Wildman–Crippen MR) is 160 cm³/mol. The minimum absolute atomic E-state index is 0.0499. The number of hydrogen-bond acceptors (Lipinski definition) is 12. The maximum atomic E-state index is 13.1. The third-order valence-electron chi connectivity index (χ3n) is 6.34. The molecule has 43 heavy (non-hydrogen) atoms. The Bertz CT molecular complexity index is 1830. The number of methoxy groups -OCH3 is 1. The first-order chi connectivity index (χ1) is 20.9. The van der Waals surface area contributed by atoms with Crippen molar-refractivity contribution in [1.29, 1.82) is 0 Å². The van der Waals surface area contributed by atoms with Gasteiger partial charge in [-0.3, -0.25) is 9.71 Å². The number of ether oxygens (including phenoxy) is 5. The highest BCUT2D eigenvalue weighted by Crippen LogP contribution is 2.43. The monoisotopic (exact) mass is 622 g/mol. The zero-order chi connectivity index (χ0) is 29.8. The average molecular weight is 623 g/mol. The molecule has 2 aromatic heterocycles. The number of para-hydroxylation sites is 1. The van der Waals surface area contributed by atoms with Crippen LogP contribution < -0.4 is 29.0 Å². The van der Waals surface area contributed by atoms with Crippen molar-refractivity contribution in [2.75, 3.05) is 30.4 Å². The van der Waals surface area contributed by atoms with Crippen LogP contribution in [0.2, 0.25) is 0 Å². The summed E-state index contributed by atoms with van der Waals surface area (Å²) in [6.45, 7) is -0.168. The molecule has 222 valence electrons. The van der Waals surface area contributed by atoms with Gasteiger partial charge in [-0.2, -0.15) is 0 Å². The Labute approximate surface area is 250 Å². The summed E-state index contributed by atoms with van der Waals surface area (Å²) in [6.07, 6.45) is 3.27. The van der Waals surface area contributed by atoms with Crippen LogP contribution in [-0.4, -0.2) is 50.3 Å². The number of phenolic OH excluding ortho intramolecular Hbond substituents is 1. The molecule has 0 radical (unpaired) electrons. The van der Waals surface area contributed by atoms with Gasteiger partial charge in [-0.1, -0.05) is 23.5 Å². The third kappa shape index (κ3) is 6.35. The second-order valence-electron chi connectivity index (χ2n) is 9.14. The minimum Gasteiger partial charge on any atom is -0.504 e. The summed E-state index contributed by atoms with van der Waals surface area (Å²) >= 11 is 1.17. The summed E-state index contributed by atoms with van der Waals surface area (Å²) in [4.78, 5) is 8.46. The number of thiazole rings is 1. The van der Waals surface area contributed by atoms with Gasteiger partial charge in [0.15, 0.2) is 28.1 Å². The molecule has 5 aromatic rings. The van der Waals surface area contributed by atoms with Gasteiger partial charge in [0.2, 0.25) is 0 Å². The first-order valence-electron chi connectivity index (χ1n) is 13.0. The van der Waals surface area contributed by atoms with E-state index < -0.39 is 16.5 Å². The van der Waals surface area contributed by atoms with Gasteiger partial charge < -0.3 is 34.1 Å². The predicted octanol–water partition coefficient (Wildman–Crippen LogP) is 4.97. The maximum Gasteiger partial charge on any atom is 0.361 e. The van der Waals surface area contributed by atoms with Crippen molar-refractivity contribution in [1.82, 2.24) is 9.97 Å². The number of aromatic hydroxyl groups is 1. The van der Waals surface area contributed by atoms with E-state index in [0.29, 0.717) is 51.0 Å². The van der Waals surface area contributed by atoms with Crippen molar-refractivity contribution in [2.24, 2.45) is 0 Å². The number of fused-ring (bicyclic) bond motifs is 3. The lowest BCUT2D eigenvalue weighted by molar-refractivity contribution is -0.179. The molecule has 0 saturated heterocycles. The highest BCUT2D eigenvalue weighted by atomic mass is 32.2. The molecule has 3 aromatic carbocycles. The topological polar surface area (TPSA) is 150 Å². The Morgan fingerprint density at radius 1 is 1.00 bits per heavy atom. The number of pyridine rings is 1. The van der Waals surface area contributed by atoms with Crippen molar-refractivity contribution in [3.8, 4) is 28.7 Å². The standard InChI is InChI=1S/C29H26N4O8S2/c1-37-22-4-2-3-18(26(22)34)17-31-19-5-7-21(8-6-19)43(35,36)33-28-32-25-24(42-28)10-9-23-27(25)41-29(40-23)39-16-15-38-20-11-13-30-14-12-20/h2-14,29,31,34H,15-17H2,1H3,(H,32,33). The molecule has 1 atom stereocenters. The van der Waals surface area contributed by atoms with Gasteiger partial charge in [-0.15, -0.1) is 0 Å². The zero-order valence-electron chi connectivity index (χ0n) is 22.7. The summed E-state index contributed by atoms with van der Waals surface area (Å²) in [5, 5.41) is 13.6. The van der Waals surface area contributed by atoms with Crippen LogP contribution in [0.4, 0.5) is 10.8 Å². The molecule has 1 aliphatic heterocycles. The number of rotatable bonds is 12. The molecule has 0 aliphatic carbocycles. The molecular weight excluding hydrogens is 596 g/mol. The van der Waals surface area contributed by atoms with Gasteiger partial charge in [0.1, 0.15) is 17.9 Å². The molecule has 3 N–H and O–H groups in total. The van der Waals surface area contributed by atoms with E-state index in [1.807, 2.05) is 0 Å². The highest BCUT2D eigenvalue weighted by Gasteiger charge is 2.29. The molecule has 12 nitrogen and oxygen atoms in total. The second-order valence-corrected chi connectivity index (χ2v) is 11.8.